The molecule has 0 aliphatic heterocycles. The van der Waals surface area contributed by atoms with Crippen molar-refractivity contribution in [1.29, 1.82) is 0 Å². The van der Waals surface area contributed by atoms with Crippen LogP contribution >= 0.6 is 27.3 Å². The van der Waals surface area contributed by atoms with E-state index in [0.717, 1.165) is 21.2 Å². The van der Waals surface area contributed by atoms with Crippen LogP contribution in [0.15, 0.2) is 82.1 Å². The van der Waals surface area contributed by atoms with Crippen molar-refractivity contribution in [3.63, 3.8) is 0 Å². The molecule has 0 amide bonds. The highest BCUT2D eigenvalue weighted by atomic mass is 79.9. The Morgan fingerprint density at radius 3 is 2.55 bits per heavy atom. The van der Waals surface area contributed by atoms with Gasteiger partial charge >= 0.3 is 0 Å². The van der Waals surface area contributed by atoms with Crippen LogP contribution in [0.5, 0.6) is 11.5 Å². The van der Waals surface area contributed by atoms with E-state index in [2.05, 4.69) is 26.0 Å². The first-order valence-corrected chi connectivity index (χ1v) is 11.7. The second-order valence-electron chi connectivity index (χ2n) is 7.24. The third-order valence-corrected chi connectivity index (χ3v) is 6.49. The van der Waals surface area contributed by atoms with Gasteiger partial charge in [-0.25, -0.2) is 0 Å². The summed E-state index contributed by atoms with van der Waals surface area (Å²) in [5, 5.41) is 4.40. The SMILES string of the molecule is COc1cc(C=c2sc3nc(-c4ccc(Br)cc4)nn3c2=O)ccc1OCc1ccccc1. The normalized spacial score (nSPS) is 11.8. The van der Waals surface area contributed by atoms with Gasteiger partial charge in [0.2, 0.25) is 4.96 Å². The first-order chi connectivity index (χ1) is 16.1. The first kappa shape index (κ1) is 21.4. The molecule has 0 fully saturated rings. The first-order valence-electron chi connectivity index (χ1n) is 10.1. The lowest BCUT2D eigenvalue weighted by atomic mass is 10.2. The predicted molar refractivity (Wildman–Crippen MR) is 133 cm³/mol. The number of hydrogen-bond acceptors (Lipinski definition) is 6. The highest BCUT2D eigenvalue weighted by molar-refractivity contribution is 9.10. The highest BCUT2D eigenvalue weighted by Gasteiger charge is 2.12. The molecule has 2 aromatic heterocycles. The van der Waals surface area contributed by atoms with E-state index in [0.29, 0.717) is 33.4 Å². The van der Waals surface area contributed by atoms with E-state index in [9.17, 15) is 4.79 Å². The molecule has 0 bridgehead atoms. The lowest BCUT2D eigenvalue weighted by Gasteiger charge is -2.11. The molecule has 3 aromatic carbocycles. The second-order valence-corrected chi connectivity index (χ2v) is 9.16. The van der Waals surface area contributed by atoms with Gasteiger partial charge in [0.1, 0.15) is 6.61 Å². The molecule has 0 atom stereocenters. The van der Waals surface area contributed by atoms with Gasteiger partial charge in [-0.1, -0.05) is 75.8 Å². The third kappa shape index (κ3) is 4.53. The number of halogens is 1. The molecule has 0 saturated carbocycles. The van der Waals surface area contributed by atoms with Crippen molar-refractivity contribution in [2.75, 3.05) is 7.11 Å². The van der Waals surface area contributed by atoms with Crippen molar-refractivity contribution >= 4 is 38.3 Å². The topological polar surface area (TPSA) is 65.7 Å². The molecule has 33 heavy (non-hydrogen) atoms. The smallest absolute Gasteiger partial charge is 0.291 e. The standard InChI is InChI=1S/C25H18BrN3O3S/c1-31-21-13-17(7-12-20(21)32-15-16-5-3-2-4-6-16)14-22-24(30)29-25(33-22)27-23(28-29)18-8-10-19(26)11-9-18/h2-14H,15H2,1H3. The van der Waals surface area contributed by atoms with E-state index in [-0.39, 0.29) is 5.56 Å². The van der Waals surface area contributed by atoms with Gasteiger partial charge in [0.25, 0.3) is 5.56 Å². The van der Waals surface area contributed by atoms with Gasteiger partial charge in [-0.2, -0.15) is 9.50 Å². The van der Waals surface area contributed by atoms with Crippen LogP contribution in [-0.4, -0.2) is 21.7 Å². The average molecular weight is 520 g/mol. The van der Waals surface area contributed by atoms with Crippen molar-refractivity contribution in [1.82, 2.24) is 14.6 Å². The van der Waals surface area contributed by atoms with E-state index in [1.54, 1.807) is 7.11 Å². The Balaban J connectivity index is 1.42. The zero-order valence-corrected chi connectivity index (χ0v) is 20.0. The number of aromatic nitrogens is 3. The van der Waals surface area contributed by atoms with Crippen molar-refractivity contribution in [3.05, 3.63) is 103 Å². The predicted octanol–water partition coefficient (Wildman–Crippen LogP) is 4.72. The maximum Gasteiger partial charge on any atom is 0.291 e. The summed E-state index contributed by atoms with van der Waals surface area (Å²) >= 11 is 4.72. The number of methoxy groups -OCH3 is 1. The molecule has 8 heteroatoms. The van der Waals surface area contributed by atoms with Crippen LogP contribution in [-0.2, 0) is 6.61 Å². The Labute approximate surface area is 201 Å². The number of ether oxygens (including phenoxy) is 2. The molecule has 6 nitrogen and oxygen atoms in total. The Morgan fingerprint density at radius 1 is 1.03 bits per heavy atom. The molecule has 164 valence electrons. The fourth-order valence-electron chi connectivity index (χ4n) is 3.33. The molecule has 0 radical (unpaired) electrons. The van der Waals surface area contributed by atoms with Gasteiger partial charge in [0.15, 0.2) is 17.3 Å². The summed E-state index contributed by atoms with van der Waals surface area (Å²) in [6, 6.07) is 23.2. The number of benzene rings is 3. The van der Waals surface area contributed by atoms with Crippen LogP contribution in [0.1, 0.15) is 11.1 Å². The highest BCUT2D eigenvalue weighted by Crippen LogP contribution is 2.29. The fourth-order valence-corrected chi connectivity index (χ4v) is 4.51. The average Bonchev–Trinajstić information content (AvgIpc) is 3.38. The molecule has 0 N–H and O–H groups in total. The molecule has 0 spiro atoms. The lowest BCUT2D eigenvalue weighted by Crippen LogP contribution is -2.23. The number of rotatable bonds is 6. The number of hydrogen-bond donors (Lipinski definition) is 0. The monoisotopic (exact) mass is 519 g/mol. The van der Waals surface area contributed by atoms with E-state index in [1.807, 2.05) is 78.9 Å². The Morgan fingerprint density at radius 2 is 1.82 bits per heavy atom. The zero-order chi connectivity index (χ0) is 22.8. The molecule has 0 saturated heterocycles. The number of fused-ring (bicyclic) bond motifs is 1. The van der Waals surface area contributed by atoms with Crippen LogP contribution in [0.3, 0.4) is 0 Å². The summed E-state index contributed by atoms with van der Waals surface area (Å²) in [5.74, 6) is 1.77. The number of thiazole rings is 1. The minimum Gasteiger partial charge on any atom is -0.493 e. The van der Waals surface area contributed by atoms with Crippen LogP contribution in [0.2, 0.25) is 0 Å². The molecule has 5 aromatic rings. The Bertz CT molecular complexity index is 1530. The molecule has 0 unspecified atom stereocenters. The third-order valence-electron chi connectivity index (χ3n) is 5.01. The molecular formula is C25H18BrN3O3S. The summed E-state index contributed by atoms with van der Waals surface area (Å²) in [4.78, 5) is 18.0. The van der Waals surface area contributed by atoms with Crippen LogP contribution in [0.25, 0.3) is 22.4 Å². The van der Waals surface area contributed by atoms with Crippen LogP contribution < -0.4 is 19.6 Å². The van der Waals surface area contributed by atoms with E-state index < -0.39 is 0 Å². The van der Waals surface area contributed by atoms with Crippen molar-refractivity contribution < 1.29 is 9.47 Å². The summed E-state index contributed by atoms with van der Waals surface area (Å²) < 4.78 is 14.3. The molecule has 2 heterocycles. The second kappa shape index (κ2) is 9.17. The quantitative estimate of drug-likeness (QED) is 0.325. The van der Waals surface area contributed by atoms with Crippen molar-refractivity contribution in [3.8, 4) is 22.9 Å². The minimum atomic E-state index is -0.200. The largest absolute Gasteiger partial charge is 0.493 e. The summed E-state index contributed by atoms with van der Waals surface area (Å²) in [6.45, 7) is 0.444. The fraction of sp³-hybridized carbons (Fsp3) is 0.0800. The van der Waals surface area contributed by atoms with E-state index >= 15 is 0 Å². The summed E-state index contributed by atoms with van der Waals surface area (Å²) in [5.41, 5.74) is 2.56. The van der Waals surface area contributed by atoms with Gasteiger partial charge in [0.05, 0.1) is 11.6 Å². The van der Waals surface area contributed by atoms with Crippen LogP contribution in [0, 0.1) is 0 Å². The Hall–Kier alpha value is -3.49. The lowest BCUT2D eigenvalue weighted by molar-refractivity contribution is 0.284. The van der Waals surface area contributed by atoms with E-state index in [4.69, 9.17) is 9.47 Å². The molecule has 0 aliphatic rings. The zero-order valence-electron chi connectivity index (χ0n) is 17.6. The molecular weight excluding hydrogens is 502 g/mol. The van der Waals surface area contributed by atoms with Crippen LogP contribution in [0.4, 0.5) is 0 Å². The minimum absolute atomic E-state index is 0.200. The summed E-state index contributed by atoms with van der Waals surface area (Å²) in [6.07, 6.45) is 1.81. The Kier molecular flexibility index (Phi) is 5.93. The van der Waals surface area contributed by atoms with Gasteiger partial charge in [-0.05, 0) is 41.5 Å². The molecule has 5 rings (SSSR count). The van der Waals surface area contributed by atoms with Gasteiger partial charge < -0.3 is 9.47 Å². The van der Waals surface area contributed by atoms with E-state index in [1.165, 1.54) is 15.9 Å². The summed E-state index contributed by atoms with van der Waals surface area (Å²) in [7, 11) is 1.60. The van der Waals surface area contributed by atoms with Gasteiger partial charge in [0, 0.05) is 10.0 Å². The van der Waals surface area contributed by atoms with Crippen molar-refractivity contribution in [2.24, 2.45) is 0 Å². The maximum absolute atomic E-state index is 12.9. The maximum atomic E-state index is 12.9. The number of nitrogens with zero attached hydrogens (tertiary/aromatic N) is 3. The van der Waals surface area contributed by atoms with Gasteiger partial charge in [-0.15, -0.1) is 5.10 Å². The molecule has 0 aliphatic carbocycles. The van der Waals surface area contributed by atoms with Crippen molar-refractivity contribution in [2.45, 2.75) is 6.61 Å². The van der Waals surface area contributed by atoms with Gasteiger partial charge in [-0.3, -0.25) is 4.79 Å².